The van der Waals surface area contributed by atoms with E-state index in [2.05, 4.69) is 27.2 Å². The molecule has 0 aromatic carbocycles. The van der Waals surface area contributed by atoms with E-state index in [9.17, 15) is 0 Å². The molecule has 0 saturated heterocycles. The molecule has 17 heavy (non-hydrogen) atoms. The molecule has 1 saturated carbocycles. The van der Waals surface area contributed by atoms with E-state index in [0.717, 1.165) is 18.8 Å². The third-order valence-corrected chi connectivity index (χ3v) is 3.66. The summed E-state index contributed by atoms with van der Waals surface area (Å²) < 4.78 is 2.16. The van der Waals surface area contributed by atoms with Crippen LogP contribution >= 0.6 is 0 Å². The predicted octanol–water partition coefficient (Wildman–Crippen LogP) is 2.46. The fourth-order valence-corrected chi connectivity index (χ4v) is 2.77. The van der Waals surface area contributed by atoms with Gasteiger partial charge in [0, 0.05) is 19.0 Å². The van der Waals surface area contributed by atoms with Crippen LogP contribution in [0.25, 0.3) is 0 Å². The summed E-state index contributed by atoms with van der Waals surface area (Å²) in [4.78, 5) is 0. The van der Waals surface area contributed by atoms with Gasteiger partial charge in [0.1, 0.15) is 0 Å². The zero-order chi connectivity index (χ0) is 12.1. The van der Waals surface area contributed by atoms with Gasteiger partial charge in [0.2, 0.25) is 0 Å². The second-order valence-corrected chi connectivity index (χ2v) is 5.01. The minimum Gasteiger partial charge on any atom is -0.314 e. The monoisotopic (exact) mass is 236 g/mol. The smallest absolute Gasteiger partial charge is 0.0999 e. The highest BCUT2D eigenvalue weighted by Crippen LogP contribution is 2.35. The van der Waals surface area contributed by atoms with Crippen LogP contribution < -0.4 is 5.32 Å². The van der Waals surface area contributed by atoms with Crippen molar-refractivity contribution in [1.29, 1.82) is 0 Å². The van der Waals surface area contributed by atoms with Gasteiger partial charge in [-0.3, -0.25) is 0 Å². The molecule has 1 aliphatic rings. The number of rotatable bonds is 6. The van der Waals surface area contributed by atoms with Gasteiger partial charge in [0.15, 0.2) is 0 Å². The Hall–Kier alpha value is -0.900. The highest BCUT2D eigenvalue weighted by Gasteiger charge is 2.24. The number of unbranched alkanes of at least 4 members (excludes halogenated alkanes) is 1. The summed E-state index contributed by atoms with van der Waals surface area (Å²) >= 11 is 0. The first-order valence-electron chi connectivity index (χ1n) is 6.93. The minimum absolute atomic E-state index is 0.699. The first kappa shape index (κ1) is 12.6. The van der Waals surface area contributed by atoms with Crippen molar-refractivity contribution < 1.29 is 0 Å². The lowest BCUT2D eigenvalue weighted by Crippen LogP contribution is -2.13. The molecule has 4 nitrogen and oxygen atoms in total. The molecular weight excluding hydrogens is 212 g/mol. The van der Waals surface area contributed by atoms with E-state index in [0.29, 0.717) is 5.92 Å². The molecule has 0 atom stereocenters. The maximum Gasteiger partial charge on any atom is 0.0999 e. The molecule has 1 fully saturated rings. The number of hydrogen-bond acceptors (Lipinski definition) is 3. The lowest BCUT2D eigenvalue weighted by molar-refractivity contribution is 0.508. The van der Waals surface area contributed by atoms with Crippen molar-refractivity contribution in [1.82, 2.24) is 20.3 Å². The number of nitrogens with zero attached hydrogens (tertiary/aromatic N) is 3. The fraction of sp³-hybridized carbons (Fsp3) is 0.846. The van der Waals surface area contributed by atoms with Gasteiger partial charge in [-0.25, -0.2) is 4.68 Å². The molecule has 1 aliphatic carbocycles. The summed E-state index contributed by atoms with van der Waals surface area (Å²) in [6.07, 6.45) is 7.77. The van der Waals surface area contributed by atoms with Gasteiger partial charge in [-0.2, -0.15) is 0 Å². The van der Waals surface area contributed by atoms with Gasteiger partial charge in [-0.05, 0) is 26.3 Å². The molecule has 1 aromatic rings. The van der Waals surface area contributed by atoms with E-state index < -0.39 is 0 Å². The van der Waals surface area contributed by atoms with E-state index in [1.165, 1.54) is 44.2 Å². The summed E-state index contributed by atoms with van der Waals surface area (Å²) in [5.74, 6) is 0.699. The summed E-state index contributed by atoms with van der Waals surface area (Å²) in [7, 11) is 1.98. The number of hydrogen-bond donors (Lipinski definition) is 1. The lowest BCUT2D eigenvalue weighted by atomic mass is 10.0. The largest absolute Gasteiger partial charge is 0.314 e. The summed E-state index contributed by atoms with van der Waals surface area (Å²) in [6, 6.07) is 0. The van der Waals surface area contributed by atoms with E-state index >= 15 is 0 Å². The third kappa shape index (κ3) is 2.86. The SMILES string of the molecule is CCCCn1nnc(CNC)c1C1CCCC1. The van der Waals surface area contributed by atoms with Crippen molar-refractivity contribution in [2.45, 2.75) is 64.5 Å². The van der Waals surface area contributed by atoms with Crippen molar-refractivity contribution in [2.75, 3.05) is 7.05 Å². The molecule has 1 aromatic heterocycles. The Labute approximate surface area is 104 Å². The van der Waals surface area contributed by atoms with E-state index in [4.69, 9.17) is 0 Å². The Kier molecular flexibility index (Phi) is 4.54. The highest BCUT2D eigenvalue weighted by atomic mass is 15.4. The maximum absolute atomic E-state index is 4.35. The average Bonchev–Trinajstić information content (AvgIpc) is 2.95. The molecule has 2 rings (SSSR count). The Morgan fingerprint density at radius 2 is 2.12 bits per heavy atom. The standard InChI is InChI=1S/C13H24N4/c1-3-4-9-17-13(11-7-5-6-8-11)12(10-14-2)15-16-17/h11,14H,3-10H2,1-2H3. The van der Waals surface area contributed by atoms with Crippen LogP contribution in [0.3, 0.4) is 0 Å². The summed E-state index contributed by atoms with van der Waals surface area (Å²) in [6.45, 7) is 4.09. The molecule has 1 heterocycles. The van der Waals surface area contributed by atoms with Gasteiger partial charge in [-0.1, -0.05) is 31.4 Å². The second kappa shape index (κ2) is 6.15. The van der Waals surface area contributed by atoms with Crippen molar-refractivity contribution in [2.24, 2.45) is 0 Å². The zero-order valence-electron chi connectivity index (χ0n) is 11.1. The number of aryl methyl sites for hydroxylation is 1. The van der Waals surface area contributed by atoms with Crippen LogP contribution in [0, 0.1) is 0 Å². The Balaban J connectivity index is 2.18. The summed E-state index contributed by atoms with van der Waals surface area (Å²) in [5, 5.41) is 11.9. The van der Waals surface area contributed by atoms with Gasteiger partial charge < -0.3 is 5.32 Å². The van der Waals surface area contributed by atoms with Gasteiger partial charge >= 0.3 is 0 Å². The van der Waals surface area contributed by atoms with E-state index in [1.54, 1.807) is 0 Å². The topological polar surface area (TPSA) is 42.7 Å². The number of nitrogens with one attached hydrogen (secondary N) is 1. The normalized spacial score (nSPS) is 16.8. The fourth-order valence-electron chi connectivity index (χ4n) is 2.77. The lowest BCUT2D eigenvalue weighted by Gasteiger charge is -2.13. The highest BCUT2D eigenvalue weighted by molar-refractivity contribution is 5.17. The van der Waals surface area contributed by atoms with Gasteiger partial charge in [-0.15, -0.1) is 5.10 Å². The predicted molar refractivity (Wildman–Crippen MR) is 68.9 cm³/mol. The first-order chi connectivity index (χ1) is 8.36. The van der Waals surface area contributed by atoms with Crippen LogP contribution in [0.15, 0.2) is 0 Å². The van der Waals surface area contributed by atoms with Crippen LogP contribution in [-0.2, 0) is 13.1 Å². The van der Waals surface area contributed by atoms with Crippen LogP contribution in [0.4, 0.5) is 0 Å². The first-order valence-corrected chi connectivity index (χ1v) is 6.93. The maximum atomic E-state index is 4.35. The molecule has 96 valence electrons. The zero-order valence-corrected chi connectivity index (χ0v) is 11.1. The third-order valence-electron chi connectivity index (χ3n) is 3.66. The minimum atomic E-state index is 0.699. The Bertz CT molecular complexity index is 339. The van der Waals surface area contributed by atoms with Crippen LogP contribution in [-0.4, -0.2) is 22.0 Å². The molecule has 4 heteroatoms. The quantitative estimate of drug-likeness (QED) is 0.825. The molecule has 0 bridgehead atoms. The van der Waals surface area contributed by atoms with Crippen LogP contribution in [0.2, 0.25) is 0 Å². The molecular formula is C13H24N4. The van der Waals surface area contributed by atoms with Crippen molar-refractivity contribution >= 4 is 0 Å². The number of aromatic nitrogens is 3. The average molecular weight is 236 g/mol. The van der Waals surface area contributed by atoms with Gasteiger partial charge in [0.05, 0.1) is 11.4 Å². The Morgan fingerprint density at radius 3 is 2.76 bits per heavy atom. The molecule has 0 unspecified atom stereocenters. The van der Waals surface area contributed by atoms with Crippen molar-refractivity contribution in [3.8, 4) is 0 Å². The van der Waals surface area contributed by atoms with Gasteiger partial charge in [0.25, 0.3) is 0 Å². The molecule has 0 amide bonds. The molecule has 0 spiro atoms. The molecule has 1 N–H and O–H groups in total. The summed E-state index contributed by atoms with van der Waals surface area (Å²) in [5.41, 5.74) is 2.57. The second-order valence-electron chi connectivity index (χ2n) is 5.01. The van der Waals surface area contributed by atoms with Crippen molar-refractivity contribution in [3.05, 3.63) is 11.4 Å². The van der Waals surface area contributed by atoms with Crippen LogP contribution in [0.1, 0.15) is 62.8 Å². The van der Waals surface area contributed by atoms with E-state index in [1.807, 2.05) is 7.05 Å². The molecule has 0 aliphatic heterocycles. The van der Waals surface area contributed by atoms with E-state index in [-0.39, 0.29) is 0 Å². The van der Waals surface area contributed by atoms with Crippen molar-refractivity contribution in [3.63, 3.8) is 0 Å². The molecule has 0 radical (unpaired) electrons. The van der Waals surface area contributed by atoms with Crippen LogP contribution in [0.5, 0.6) is 0 Å². The Morgan fingerprint density at radius 1 is 1.35 bits per heavy atom.